The van der Waals surface area contributed by atoms with Gasteiger partial charge in [-0.1, -0.05) is 0 Å². The van der Waals surface area contributed by atoms with Gasteiger partial charge >= 0.3 is 0 Å². The lowest BCUT2D eigenvalue weighted by Gasteiger charge is -2.69. The molecule has 0 aliphatic heterocycles. The van der Waals surface area contributed by atoms with Crippen LogP contribution in [0.2, 0.25) is 0 Å². The van der Waals surface area contributed by atoms with Gasteiger partial charge in [-0.05, 0) is 12.3 Å². The summed E-state index contributed by atoms with van der Waals surface area (Å²) in [5.74, 6) is 0. The number of hydrogen-bond acceptors (Lipinski definition) is 3. The van der Waals surface area contributed by atoms with Gasteiger partial charge in [0, 0.05) is 923 Å². The lowest BCUT2D eigenvalue weighted by atomic mass is 8.34. The molecular weight excluding hydrogens is 1570 g/mol. The van der Waals surface area contributed by atoms with E-state index in [1.807, 2.05) is 0 Å². The maximum Gasteiger partial charge on any atom is 0.0882 e. The Balaban J connectivity index is 17.8. The van der Waals surface area contributed by atoms with Crippen LogP contribution in [0.15, 0.2) is 0 Å². The molecule has 141 heavy (non-hydrogen) atoms. The molecule has 0 saturated carbocycles. The van der Waals surface area contributed by atoms with Gasteiger partial charge in [0.05, 0.1) is 40.5 Å². The molecule has 442 valence electrons. The Morgan fingerprint density at radius 3 is 0.390 bits per heavy atom. The number of rotatable bonds is 70. The van der Waals surface area contributed by atoms with Gasteiger partial charge in [0.25, 0.3) is 0 Å². The summed E-state index contributed by atoms with van der Waals surface area (Å²) in [6.07, 6.45) is -145. The highest BCUT2D eigenvalue weighted by Gasteiger charge is 2.76. The van der Waals surface area contributed by atoms with Crippen molar-refractivity contribution in [3.8, 4) is 0 Å². The van der Waals surface area contributed by atoms with Crippen molar-refractivity contribution in [3.05, 3.63) is 0 Å². The molecule has 0 fully saturated rings. The van der Waals surface area contributed by atoms with Crippen LogP contribution >= 0.6 is 0 Å². The molecule has 139 heteroatoms. The van der Waals surface area contributed by atoms with Crippen LogP contribution in [0, 0.1) is 0 Å². The van der Waals surface area contributed by atoms with E-state index >= 15 is 0 Å². The molecule has 2 atom stereocenters. The van der Waals surface area contributed by atoms with Crippen LogP contribution in [-0.2, 0) is 4.12 Å². The smallest absolute Gasteiger partial charge is 0.0882 e. The van der Waals surface area contributed by atoms with Crippen molar-refractivity contribution in [1.82, 2.24) is 0 Å². The average molecular weight is 1580 g/mol. The van der Waals surface area contributed by atoms with E-state index in [9.17, 15) is 4.12 Å². The van der Waals surface area contributed by atoms with Gasteiger partial charge in [-0.3, -0.25) is 0 Å². The molecule has 0 spiro atoms. The minimum Gasteiger partial charge on any atom is -0.481 e. The van der Waals surface area contributed by atoms with Crippen LogP contribution in [0.3, 0.4) is 0 Å². The Labute approximate surface area is 980 Å². The fourth-order valence-electron chi connectivity index (χ4n) is 25.2. The van der Waals surface area contributed by atoms with E-state index in [0.717, 1.165) is 14.1 Å². The first-order valence-electron chi connectivity index (χ1n) is 46.4. The maximum atomic E-state index is 10.2. The van der Waals surface area contributed by atoms with Gasteiger partial charge in [0.1, 0.15) is 0 Å². The summed E-state index contributed by atoms with van der Waals surface area (Å²) in [5.41, 5.74) is 17.7. The molecule has 0 saturated heterocycles. The zero-order valence-corrected chi connectivity index (χ0v) is 83.3. The Bertz CT molecular complexity index is 3020. The molecule has 0 aromatic carbocycles. The van der Waals surface area contributed by atoms with E-state index in [4.69, 9.17) is 538 Å². The van der Waals surface area contributed by atoms with E-state index in [-0.39, 0.29) is 0 Å². The van der Waals surface area contributed by atoms with Gasteiger partial charge < -0.3 is 15.6 Å². The second-order valence-electron chi connectivity index (χ2n) is 39.5. The maximum absolute atomic E-state index is 10.2. The summed E-state index contributed by atoms with van der Waals surface area (Å²) >= 11 is 0. The van der Waals surface area contributed by atoms with Crippen molar-refractivity contribution in [3.63, 3.8) is 0 Å². The van der Waals surface area contributed by atoms with Gasteiger partial charge in [-0.2, -0.15) is 0 Å². The molecule has 0 aliphatic carbocycles. The first kappa shape index (κ1) is 150. The first-order chi connectivity index (χ1) is 64.3. The molecule has 0 rings (SSSR count). The van der Waals surface area contributed by atoms with E-state index in [2.05, 4.69) is 0 Å². The standard InChI is InChI=1S/C2H8B134N2OSi2/c3-71-105(69)121(101(61)62)129(117(93(45)46)94(47)48)133(125(109(77(13)14)78(15)16)110(79(17)18)80(19)20)140(1-137,134(126(111(81(21)22)82(23)24)112(83(25)26)84(27)28)130(118(95(49)50)96(51)52)122(102(63)64)106(70)73(5)6)139-141(2-138,135(127(113(85(29)30)86(31)32)114(87(33)34)88(35)36)131(119(97(53)54)98(55)56)123(103(65)66)107(72-4)74(7)8)136(128(115(89(37)38)90(39)40)116(91(41)42)92(43)44)132(120(99(57)58)100(59)60)124(104(67)68)108(75(9)10)76(11)12/h1-2,137-138H2. The van der Waals surface area contributed by atoms with Gasteiger partial charge in [-0.15, -0.1) is 0 Å². The molecule has 0 aliphatic rings. The zero-order valence-electron chi connectivity index (χ0n) is 81.3. The molecule has 0 bridgehead atoms. The SMILES string of the molecule is [B][B]B([B])B(B([B])[B])B(B(B([B])[B])B([B])[B])B(B(B(B([B])[B])B([B])[B])B(B([B])[B])B([B])[B])[Si](CN)(O[Si](CN)(B(B(B(B([B])[B])B([B])[B])B(B([B])[B])B([B])[B])B(B(B([B])[B])B([B])[B])B(B([B])[B])B([B][B])B([B])[B])B(B(B(B([B])[B])B([B])[B])B(B([B])[B])B([B])[B])B(B(B([B])[B])B([B])[B])B(B([B])[B])B(B([B])[B])B([B])[B])B(B(B(B([B])[B])B([B])[B])B(B([B])[B])B([B])[B])B(B(B([B])[B])B([B])[B])B(B([B])[B])B([B])B([B])[B]. The van der Waals surface area contributed by atoms with E-state index in [1.165, 1.54) is 0 Å². The van der Waals surface area contributed by atoms with Crippen molar-refractivity contribution < 1.29 is 4.12 Å². The topological polar surface area (TPSA) is 61.3 Å². The summed E-state index contributed by atoms with van der Waals surface area (Å²) in [6, 6.07) is 0. The molecule has 0 amide bonds. The lowest BCUT2D eigenvalue weighted by Crippen LogP contribution is -3.05. The molecule has 138 radical (unpaired) electrons. The molecule has 0 aromatic rings. The Morgan fingerprint density at radius 1 is 0.142 bits per heavy atom. The first-order valence-corrected chi connectivity index (χ1v) is 51.0. The van der Waals surface area contributed by atoms with Gasteiger partial charge in [0.2, 0.25) is 0 Å². The Hall–Kier alpha value is 9.02. The highest BCUT2D eigenvalue weighted by molar-refractivity contribution is 8.42. The van der Waals surface area contributed by atoms with Gasteiger partial charge in [0.15, 0.2) is 0 Å². The molecule has 2 unspecified atom stereocenters. The van der Waals surface area contributed by atoms with Crippen molar-refractivity contribution in [2.24, 2.45) is 11.5 Å². The van der Waals surface area contributed by atoms with Crippen LogP contribution in [0.4, 0.5) is 0 Å². The molecule has 3 nitrogen and oxygen atoms in total. The average Bonchev–Trinajstić information content (AvgIpc) is 0.682. The van der Waals surface area contributed by atoms with Crippen LogP contribution < -0.4 is 11.5 Å². The van der Waals surface area contributed by atoms with Crippen molar-refractivity contribution in [1.29, 1.82) is 0 Å². The van der Waals surface area contributed by atoms with Crippen LogP contribution in [0.25, 0.3) is 0 Å². The zero-order chi connectivity index (χ0) is 111. The molecule has 4 N–H and O–H groups in total. The summed E-state index contributed by atoms with van der Waals surface area (Å²) in [7, 11) is 494. The lowest BCUT2D eigenvalue weighted by molar-refractivity contribution is 0.597. The minimum atomic E-state index is -7.46. The third kappa shape index (κ3) is 38.6. The molecule has 0 aromatic heterocycles. The number of hydrogen-bond donors (Lipinski definition) is 2. The van der Waals surface area contributed by atoms with E-state index in [1.54, 1.807) is 0 Å². The normalized spacial score (nSPS) is 10.9. The predicted molar refractivity (Wildman–Crippen MR) is 802 cm³/mol. The van der Waals surface area contributed by atoms with Gasteiger partial charge in [-0.25, -0.2) is 0 Å². The van der Waals surface area contributed by atoms with E-state index in [0.29, 0.717) is 0 Å². The third-order valence-electron chi connectivity index (χ3n) is 30.1. The number of nitrogens with two attached hydrogens (primary N) is 2. The Kier molecular flexibility index (Phi) is 73.1. The summed E-state index contributed by atoms with van der Waals surface area (Å²) in [5, 5.41) is 0. The highest BCUT2D eigenvalue weighted by Crippen LogP contribution is 2.39. The second kappa shape index (κ2) is 68.7. The van der Waals surface area contributed by atoms with Crippen molar-refractivity contribution in [2.45, 2.75) is 0 Å². The second-order valence-corrected chi connectivity index (χ2v) is 47.7. The van der Waals surface area contributed by atoms with Crippen molar-refractivity contribution in [2.75, 3.05) is 12.3 Å². The molecule has 0 heterocycles. The summed E-state index contributed by atoms with van der Waals surface area (Å²) < 4.78 is 10.2. The summed E-state index contributed by atoms with van der Waals surface area (Å²) in [4.78, 5) is 0. The van der Waals surface area contributed by atoms with Crippen LogP contribution in [-0.4, -0.2) is 976 Å². The summed E-state index contributed by atoms with van der Waals surface area (Å²) in [6.45, 7) is 0. The monoisotopic (exact) mass is 1610 g/mol. The van der Waals surface area contributed by atoms with Crippen LogP contribution in [0.1, 0.15) is 0 Å². The van der Waals surface area contributed by atoms with Crippen molar-refractivity contribution >= 4 is 964 Å². The largest absolute Gasteiger partial charge is 0.481 e. The Morgan fingerprint density at radius 2 is 0.270 bits per heavy atom. The highest BCUT2D eigenvalue weighted by atomic mass is 28.4. The predicted octanol–water partition coefficient (Wildman–Crippen LogP) is -53.0. The fraction of sp³-hybridized carbons (Fsp3) is 1.00. The van der Waals surface area contributed by atoms with Crippen LogP contribution in [0.5, 0.6) is 0 Å². The van der Waals surface area contributed by atoms with E-state index < -0.39 is 436 Å². The third-order valence-corrected chi connectivity index (χ3v) is 42.1. The molecular formula is C2H8B134N2OSi2. The quantitative estimate of drug-likeness (QED) is 0.0597. The minimum absolute atomic E-state index is 0.871. The fourth-order valence-corrected chi connectivity index (χ4v) is 41.6.